The summed E-state index contributed by atoms with van der Waals surface area (Å²) in [6, 6.07) is 17.4. The summed E-state index contributed by atoms with van der Waals surface area (Å²) in [7, 11) is 0. The molecule has 1 aromatic heterocycles. The van der Waals surface area contributed by atoms with Crippen LogP contribution in [0.2, 0.25) is 0 Å². The van der Waals surface area contributed by atoms with E-state index in [0.29, 0.717) is 16.8 Å². The van der Waals surface area contributed by atoms with Gasteiger partial charge < -0.3 is 0 Å². The second-order valence-electron chi connectivity index (χ2n) is 7.78. The number of hydrogen-bond acceptors (Lipinski definition) is 5. The molecule has 1 aliphatic rings. The third kappa shape index (κ3) is 3.58. The fourth-order valence-corrected chi connectivity index (χ4v) is 4.68. The van der Waals surface area contributed by atoms with E-state index < -0.39 is 29.6 Å². The van der Waals surface area contributed by atoms with E-state index in [-0.39, 0.29) is 5.78 Å². The first-order valence-electron chi connectivity index (χ1n) is 9.96. The van der Waals surface area contributed by atoms with E-state index in [2.05, 4.69) is 6.07 Å². The summed E-state index contributed by atoms with van der Waals surface area (Å²) in [6.45, 7) is 3.43. The summed E-state index contributed by atoms with van der Waals surface area (Å²) in [5.74, 6) is -3.30. The molecule has 154 valence electrons. The zero-order valence-electron chi connectivity index (χ0n) is 17.1. The molecule has 2 heterocycles. The van der Waals surface area contributed by atoms with Crippen molar-refractivity contribution >= 4 is 34.5 Å². The number of carbonyl (C=O) groups is 3. The van der Waals surface area contributed by atoms with Gasteiger partial charge in [0.15, 0.2) is 0 Å². The van der Waals surface area contributed by atoms with Crippen molar-refractivity contribution in [3.05, 3.63) is 76.5 Å². The molecule has 0 spiro atoms. The van der Waals surface area contributed by atoms with Gasteiger partial charge in [-0.3, -0.25) is 19.3 Å². The quantitative estimate of drug-likeness (QED) is 0.433. The second kappa shape index (κ2) is 8.29. The third-order valence-electron chi connectivity index (χ3n) is 5.58. The van der Waals surface area contributed by atoms with Crippen molar-refractivity contribution in [2.45, 2.75) is 19.9 Å². The maximum Gasteiger partial charge on any atom is 0.295 e. The van der Waals surface area contributed by atoms with E-state index in [9.17, 15) is 19.6 Å². The van der Waals surface area contributed by atoms with Crippen molar-refractivity contribution in [1.29, 1.82) is 5.26 Å². The van der Waals surface area contributed by atoms with Crippen LogP contribution in [0.15, 0.2) is 65.4 Å². The van der Waals surface area contributed by atoms with Crippen molar-refractivity contribution in [2.24, 2.45) is 11.8 Å². The molecule has 0 radical (unpaired) electrons. The Labute approximate surface area is 184 Å². The molecule has 6 heteroatoms. The minimum atomic E-state index is -1.14. The predicted octanol–water partition coefficient (Wildman–Crippen LogP) is 4.79. The maximum atomic E-state index is 13.1. The monoisotopic (exact) mass is 428 g/mol. The Morgan fingerprint density at radius 2 is 1.74 bits per heavy atom. The first-order valence-corrected chi connectivity index (χ1v) is 10.9. The highest BCUT2D eigenvalue weighted by Crippen LogP contribution is 2.42. The standard InChI is InChI=1S/C25H20N2O3S/c1-15(2)23(28)21-22(20-6-4-3-5-17(20)13-26)27(25(30)24(21)29)19-9-7-16(8-10-19)18-11-12-31-14-18/h3-12,14-15,21-22H,1-2H3. The molecular formula is C25H20N2O3S. The van der Waals surface area contributed by atoms with Crippen LogP contribution in [0.25, 0.3) is 11.1 Å². The molecule has 31 heavy (non-hydrogen) atoms. The van der Waals surface area contributed by atoms with E-state index in [4.69, 9.17) is 0 Å². The zero-order chi connectivity index (χ0) is 22.1. The summed E-state index contributed by atoms with van der Waals surface area (Å²) >= 11 is 1.60. The molecule has 0 bridgehead atoms. The van der Waals surface area contributed by atoms with Gasteiger partial charge in [0.2, 0.25) is 5.78 Å². The number of hydrogen-bond donors (Lipinski definition) is 0. The van der Waals surface area contributed by atoms with Crippen LogP contribution < -0.4 is 4.90 Å². The molecule has 0 aliphatic carbocycles. The number of Topliss-reactive ketones (excluding diaryl/α,β-unsaturated/α-hetero) is 2. The molecule has 1 saturated heterocycles. The van der Waals surface area contributed by atoms with Gasteiger partial charge in [-0.25, -0.2) is 0 Å². The Hall–Kier alpha value is -3.56. The number of nitrogens with zero attached hydrogens (tertiary/aromatic N) is 2. The van der Waals surface area contributed by atoms with Crippen LogP contribution in [-0.4, -0.2) is 17.5 Å². The molecular weight excluding hydrogens is 408 g/mol. The molecule has 0 N–H and O–H groups in total. The van der Waals surface area contributed by atoms with E-state index in [1.54, 1.807) is 61.6 Å². The number of ketones is 2. The molecule has 2 atom stereocenters. The number of amides is 1. The number of nitriles is 1. The lowest BCUT2D eigenvalue weighted by molar-refractivity contribution is -0.139. The Morgan fingerprint density at radius 1 is 1.03 bits per heavy atom. The Kier molecular flexibility index (Phi) is 5.53. The van der Waals surface area contributed by atoms with Crippen LogP contribution in [0.1, 0.15) is 31.0 Å². The highest BCUT2D eigenvalue weighted by atomic mass is 32.1. The van der Waals surface area contributed by atoms with Crippen molar-refractivity contribution in [3.8, 4) is 17.2 Å². The van der Waals surface area contributed by atoms with Gasteiger partial charge in [0.1, 0.15) is 11.7 Å². The van der Waals surface area contributed by atoms with Crippen molar-refractivity contribution in [2.75, 3.05) is 4.90 Å². The summed E-state index contributed by atoms with van der Waals surface area (Å²) in [5.41, 5.74) is 3.43. The van der Waals surface area contributed by atoms with Gasteiger partial charge >= 0.3 is 0 Å². The lowest BCUT2D eigenvalue weighted by Gasteiger charge is -2.28. The molecule has 2 aromatic carbocycles. The molecule has 3 aromatic rings. The molecule has 4 rings (SSSR count). The number of thiophene rings is 1. The summed E-state index contributed by atoms with van der Waals surface area (Å²) in [5, 5.41) is 13.6. The Bertz CT molecular complexity index is 1190. The van der Waals surface area contributed by atoms with E-state index >= 15 is 0 Å². The summed E-state index contributed by atoms with van der Waals surface area (Å²) in [6.07, 6.45) is 0. The first kappa shape index (κ1) is 20.7. The normalized spacial score (nSPS) is 18.5. The van der Waals surface area contributed by atoms with Gasteiger partial charge in [0, 0.05) is 11.6 Å². The number of anilines is 1. The minimum Gasteiger partial charge on any atom is -0.298 e. The van der Waals surface area contributed by atoms with Crippen molar-refractivity contribution in [1.82, 2.24) is 0 Å². The molecule has 2 unspecified atom stereocenters. The van der Waals surface area contributed by atoms with E-state index in [1.165, 1.54) is 4.90 Å². The van der Waals surface area contributed by atoms with Gasteiger partial charge in [0.25, 0.3) is 5.91 Å². The molecule has 5 nitrogen and oxygen atoms in total. The molecule has 1 aliphatic heterocycles. The smallest absolute Gasteiger partial charge is 0.295 e. The molecule has 1 fully saturated rings. The Morgan fingerprint density at radius 3 is 2.35 bits per heavy atom. The summed E-state index contributed by atoms with van der Waals surface area (Å²) in [4.78, 5) is 40.4. The van der Waals surface area contributed by atoms with Crippen LogP contribution >= 0.6 is 11.3 Å². The molecule has 0 saturated carbocycles. The van der Waals surface area contributed by atoms with Gasteiger partial charge in [-0.1, -0.05) is 44.2 Å². The SMILES string of the molecule is CC(C)C(=O)C1C(=O)C(=O)N(c2ccc(-c3ccsc3)cc2)C1c1ccccc1C#N. The molecule has 1 amide bonds. The lowest BCUT2D eigenvalue weighted by Crippen LogP contribution is -2.32. The van der Waals surface area contributed by atoms with Gasteiger partial charge in [-0.2, -0.15) is 16.6 Å². The average molecular weight is 429 g/mol. The lowest BCUT2D eigenvalue weighted by atomic mass is 9.83. The number of rotatable bonds is 5. The van der Waals surface area contributed by atoms with Gasteiger partial charge in [-0.15, -0.1) is 0 Å². The third-order valence-corrected chi connectivity index (χ3v) is 6.26. The first-order chi connectivity index (χ1) is 14.9. The van der Waals surface area contributed by atoms with Crippen LogP contribution in [-0.2, 0) is 14.4 Å². The van der Waals surface area contributed by atoms with Crippen LogP contribution in [0.3, 0.4) is 0 Å². The fourth-order valence-electron chi connectivity index (χ4n) is 4.01. The fraction of sp³-hybridized carbons (Fsp3) is 0.200. The average Bonchev–Trinajstić information content (AvgIpc) is 3.41. The predicted molar refractivity (Wildman–Crippen MR) is 119 cm³/mol. The minimum absolute atomic E-state index is 0.298. The Balaban J connectivity index is 1.84. The van der Waals surface area contributed by atoms with Crippen LogP contribution in [0.4, 0.5) is 5.69 Å². The maximum absolute atomic E-state index is 13.1. The highest BCUT2D eigenvalue weighted by molar-refractivity contribution is 7.08. The largest absolute Gasteiger partial charge is 0.298 e. The van der Waals surface area contributed by atoms with Gasteiger partial charge in [-0.05, 0) is 51.7 Å². The van der Waals surface area contributed by atoms with Crippen molar-refractivity contribution in [3.63, 3.8) is 0 Å². The van der Waals surface area contributed by atoms with E-state index in [0.717, 1.165) is 11.1 Å². The second-order valence-corrected chi connectivity index (χ2v) is 8.56. The van der Waals surface area contributed by atoms with Crippen LogP contribution in [0.5, 0.6) is 0 Å². The topological polar surface area (TPSA) is 78.2 Å². The van der Waals surface area contributed by atoms with E-state index in [1.807, 2.05) is 29.0 Å². The van der Waals surface area contributed by atoms with Crippen molar-refractivity contribution < 1.29 is 14.4 Å². The highest BCUT2D eigenvalue weighted by Gasteiger charge is 2.52. The number of carbonyl (C=O) groups excluding carboxylic acids is 3. The van der Waals surface area contributed by atoms with Gasteiger partial charge in [0.05, 0.1) is 17.7 Å². The zero-order valence-corrected chi connectivity index (χ0v) is 17.9. The number of benzene rings is 2. The summed E-state index contributed by atoms with van der Waals surface area (Å²) < 4.78 is 0. The van der Waals surface area contributed by atoms with Crippen LogP contribution in [0, 0.1) is 23.2 Å².